The molecule has 0 aliphatic carbocycles. The van der Waals surface area contributed by atoms with Crippen LogP contribution < -0.4 is 11.1 Å². The molecule has 0 saturated heterocycles. The van der Waals surface area contributed by atoms with Crippen molar-refractivity contribution in [3.63, 3.8) is 0 Å². The van der Waals surface area contributed by atoms with Gasteiger partial charge in [0.05, 0.1) is 0 Å². The first-order valence-electron chi connectivity index (χ1n) is 4.48. The van der Waals surface area contributed by atoms with Crippen molar-refractivity contribution in [1.29, 1.82) is 0 Å². The van der Waals surface area contributed by atoms with E-state index in [-0.39, 0.29) is 0 Å². The Bertz CT molecular complexity index is 454. The normalized spacial score (nSPS) is 9.93. The number of pyridine rings is 1. The predicted octanol–water partition coefficient (Wildman–Crippen LogP) is 3.17. The maximum absolute atomic E-state index is 5.67. The second-order valence-corrected chi connectivity index (χ2v) is 4.03. The average Bonchev–Trinajstić information content (AvgIpc) is 2.22. The van der Waals surface area contributed by atoms with Crippen molar-refractivity contribution in [1.82, 2.24) is 4.98 Å². The van der Waals surface area contributed by atoms with Crippen LogP contribution in [0.4, 0.5) is 17.2 Å². The van der Waals surface area contributed by atoms with Crippen LogP contribution in [-0.2, 0) is 0 Å². The van der Waals surface area contributed by atoms with Gasteiger partial charge in [0.15, 0.2) is 0 Å². The third kappa shape index (κ3) is 2.70. The van der Waals surface area contributed by atoms with Crippen molar-refractivity contribution in [3.05, 3.63) is 47.1 Å². The van der Waals surface area contributed by atoms with E-state index in [1.807, 2.05) is 36.4 Å². The summed E-state index contributed by atoms with van der Waals surface area (Å²) in [5.41, 5.74) is 7.34. The summed E-state index contributed by atoms with van der Waals surface area (Å²) in [6.07, 6.45) is 1.74. The van der Waals surface area contributed by atoms with Crippen LogP contribution in [0, 0.1) is 0 Å². The van der Waals surface area contributed by atoms with Gasteiger partial charge in [0.1, 0.15) is 5.82 Å². The van der Waals surface area contributed by atoms with Crippen LogP contribution in [0.25, 0.3) is 0 Å². The number of nitrogens with two attached hydrogens (primary N) is 1. The van der Waals surface area contributed by atoms with Crippen molar-refractivity contribution in [3.8, 4) is 0 Å². The molecule has 0 amide bonds. The summed E-state index contributed by atoms with van der Waals surface area (Å²) < 4.78 is 0.959. The van der Waals surface area contributed by atoms with E-state index in [1.165, 1.54) is 0 Å². The van der Waals surface area contributed by atoms with E-state index in [4.69, 9.17) is 5.73 Å². The molecule has 1 aromatic heterocycles. The lowest BCUT2D eigenvalue weighted by atomic mass is 10.3. The molecule has 0 aliphatic heterocycles. The third-order valence-electron chi connectivity index (χ3n) is 1.89. The second kappa shape index (κ2) is 4.31. The van der Waals surface area contributed by atoms with Crippen molar-refractivity contribution in [2.24, 2.45) is 0 Å². The minimum Gasteiger partial charge on any atom is -0.399 e. The van der Waals surface area contributed by atoms with Gasteiger partial charge in [-0.2, -0.15) is 0 Å². The maximum Gasteiger partial charge on any atom is 0.130 e. The van der Waals surface area contributed by atoms with Crippen LogP contribution in [-0.4, -0.2) is 4.98 Å². The van der Waals surface area contributed by atoms with E-state index in [1.54, 1.807) is 6.20 Å². The standard InChI is InChI=1S/C11H10BrN3/c12-8-4-5-11(14-7-8)15-10-3-1-2-9(13)6-10/h1-7H,13H2,(H,14,15). The smallest absolute Gasteiger partial charge is 0.130 e. The van der Waals surface area contributed by atoms with Crippen molar-refractivity contribution in [2.75, 3.05) is 11.1 Å². The number of halogens is 1. The largest absolute Gasteiger partial charge is 0.399 e. The van der Waals surface area contributed by atoms with Gasteiger partial charge in [-0.3, -0.25) is 0 Å². The lowest BCUT2D eigenvalue weighted by molar-refractivity contribution is 1.29. The van der Waals surface area contributed by atoms with E-state index >= 15 is 0 Å². The summed E-state index contributed by atoms with van der Waals surface area (Å²) in [6, 6.07) is 11.4. The molecule has 76 valence electrons. The van der Waals surface area contributed by atoms with Crippen LogP contribution in [0.1, 0.15) is 0 Å². The van der Waals surface area contributed by atoms with E-state index in [0.717, 1.165) is 21.7 Å². The molecule has 2 aromatic rings. The van der Waals surface area contributed by atoms with Gasteiger partial charge in [-0.25, -0.2) is 4.98 Å². The van der Waals surface area contributed by atoms with Crippen LogP contribution in [0.15, 0.2) is 47.1 Å². The maximum atomic E-state index is 5.67. The first kappa shape index (κ1) is 9.98. The zero-order valence-electron chi connectivity index (χ0n) is 7.94. The molecule has 0 aliphatic rings. The number of nitrogens with one attached hydrogen (secondary N) is 1. The Balaban J connectivity index is 2.18. The fourth-order valence-corrected chi connectivity index (χ4v) is 1.45. The van der Waals surface area contributed by atoms with Crippen LogP contribution >= 0.6 is 15.9 Å². The van der Waals surface area contributed by atoms with Crippen LogP contribution in [0.5, 0.6) is 0 Å². The highest BCUT2D eigenvalue weighted by atomic mass is 79.9. The number of nitrogens with zero attached hydrogens (tertiary/aromatic N) is 1. The second-order valence-electron chi connectivity index (χ2n) is 3.11. The minimum absolute atomic E-state index is 0.733. The Labute approximate surface area is 96.5 Å². The average molecular weight is 264 g/mol. The van der Waals surface area contributed by atoms with Crippen LogP contribution in [0.3, 0.4) is 0 Å². The fraction of sp³-hybridized carbons (Fsp3) is 0. The van der Waals surface area contributed by atoms with Gasteiger partial charge in [-0.15, -0.1) is 0 Å². The first-order valence-corrected chi connectivity index (χ1v) is 5.27. The Kier molecular flexibility index (Phi) is 2.87. The Morgan fingerprint density at radius 2 is 2.07 bits per heavy atom. The van der Waals surface area contributed by atoms with Gasteiger partial charge >= 0.3 is 0 Å². The molecule has 0 fully saturated rings. The van der Waals surface area contributed by atoms with Crippen molar-refractivity contribution in [2.45, 2.75) is 0 Å². The SMILES string of the molecule is Nc1cccc(Nc2ccc(Br)cn2)c1. The molecule has 15 heavy (non-hydrogen) atoms. The molecule has 3 N–H and O–H groups in total. The monoisotopic (exact) mass is 263 g/mol. The highest BCUT2D eigenvalue weighted by Crippen LogP contribution is 2.18. The molecular weight excluding hydrogens is 254 g/mol. The number of rotatable bonds is 2. The molecule has 0 saturated carbocycles. The minimum atomic E-state index is 0.733. The van der Waals surface area contributed by atoms with Gasteiger partial charge < -0.3 is 11.1 Å². The summed E-state index contributed by atoms with van der Waals surface area (Å²) in [7, 11) is 0. The third-order valence-corrected chi connectivity index (χ3v) is 2.36. The molecule has 1 aromatic carbocycles. The molecule has 0 radical (unpaired) electrons. The highest BCUT2D eigenvalue weighted by Gasteiger charge is 1.95. The number of aromatic nitrogens is 1. The van der Waals surface area contributed by atoms with E-state index in [0.29, 0.717) is 0 Å². The number of nitrogen functional groups attached to an aromatic ring is 1. The summed E-state index contributed by atoms with van der Waals surface area (Å²) in [6.45, 7) is 0. The van der Waals surface area contributed by atoms with E-state index in [2.05, 4.69) is 26.2 Å². The molecule has 0 bridgehead atoms. The van der Waals surface area contributed by atoms with Crippen molar-refractivity contribution >= 4 is 33.1 Å². The Morgan fingerprint density at radius 3 is 2.73 bits per heavy atom. The predicted molar refractivity (Wildman–Crippen MR) is 66.1 cm³/mol. The van der Waals surface area contributed by atoms with Gasteiger partial charge in [-0.1, -0.05) is 6.07 Å². The Morgan fingerprint density at radius 1 is 1.20 bits per heavy atom. The molecule has 4 heteroatoms. The highest BCUT2D eigenvalue weighted by molar-refractivity contribution is 9.10. The van der Waals surface area contributed by atoms with Gasteiger partial charge in [0, 0.05) is 22.0 Å². The zero-order valence-corrected chi connectivity index (χ0v) is 9.53. The van der Waals surface area contributed by atoms with Crippen molar-refractivity contribution < 1.29 is 0 Å². The number of benzene rings is 1. The first-order chi connectivity index (χ1) is 7.24. The van der Waals surface area contributed by atoms with E-state index in [9.17, 15) is 0 Å². The lowest BCUT2D eigenvalue weighted by Crippen LogP contribution is -1.93. The summed E-state index contributed by atoms with van der Waals surface area (Å²) in [4.78, 5) is 4.20. The summed E-state index contributed by atoms with van der Waals surface area (Å²) >= 11 is 3.33. The van der Waals surface area contributed by atoms with Gasteiger partial charge in [0.25, 0.3) is 0 Å². The number of hydrogen-bond donors (Lipinski definition) is 2. The van der Waals surface area contributed by atoms with Gasteiger partial charge in [-0.05, 0) is 46.3 Å². The summed E-state index contributed by atoms with van der Waals surface area (Å²) in [5.74, 6) is 0.795. The fourth-order valence-electron chi connectivity index (χ4n) is 1.21. The van der Waals surface area contributed by atoms with Crippen LogP contribution in [0.2, 0.25) is 0 Å². The molecule has 0 unspecified atom stereocenters. The Hall–Kier alpha value is -1.55. The van der Waals surface area contributed by atoms with Gasteiger partial charge in [0.2, 0.25) is 0 Å². The molecule has 0 spiro atoms. The lowest BCUT2D eigenvalue weighted by Gasteiger charge is -2.05. The molecule has 2 rings (SSSR count). The number of anilines is 3. The molecule has 0 atom stereocenters. The molecule has 1 heterocycles. The zero-order chi connectivity index (χ0) is 10.7. The quantitative estimate of drug-likeness (QED) is 0.819. The molecule has 3 nitrogen and oxygen atoms in total. The van der Waals surface area contributed by atoms with E-state index < -0.39 is 0 Å². The molecular formula is C11H10BrN3. The summed E-state index contributed by atoms with van der Waals surface area (Å²) in [5, 5.41) is 3.16. The topological polar surface area (TPSA) is 50.9 Å². The number of hydrogen-bond acceptors (Lipinski definition) is 3.